The molecule has 7 nitrogen and oxygen atoms in total. The number of anilines is 1. The molecule has 0 radical (unpaired) electrons. The van der Waals surface area contributed by atoms with E-state index in [1.54, 1.807) is 35.0 Å². The van der Waals surface area contributed by atoms with Gasteiger partial charge < -0.3 is 15.0 Å². The first-order valence-electron chi connectivity index (χ1n) is 12.5. The molecule has 3 aromatic carbocycles. The van der Waals surface area contributed by atoms with Crippen LogP contribution in [0, 0.1) is 17.7 Å². The Morgan fingerprint density at radius 2 is 1.81 bits per heavy atom. The summed E-state index contributed by atoms with van der Waals surface area (Å²) in [5.41, 5.74) is 3.19. The Balaban J connectivity index is 1.42. The number of carbonyl (C=O) groups excluding carboxylic acids is 2. The van der Waals surface area contributed by atoms with Gasteiger partial charge in [-0.05, 0) is 73.0 Å². The minimum absolute atomic E-state index is 0.00965. The summed E-state index contributed by atoms with van der Waals surface area (Å²) in [5, 5.41) is 8.52. The third-order valence-corrected chi connectivity index (χ3v) is 7.38. The van der Waals surface area contributed by atoms with Gasteiger partial charge in [0.25, 0.3) is 0 Å². The molecule has 0 bridgehead atoms. The van der Waals surface area contributed by atoms with E-state index in [0.717, 1.165) is 40.7 Å². The lowest BCUT2D eigenvalue weighted by atomic mass is 9.94. The molecule has 37 heavy (non-hydrogen) atoms. The molecule has 2 heterocycles. The average Bonchev–Trinajstić information content (AvgIpc) is 3.65. The molecule has 0 spiro atoms. The maximum absolute atomic E-state index is 13.7. The normalized spacial score (nSPS) is 21.4. The van der Waals surface area contributed by atoms with Gasteiger partial charge in [0, 0.05) is 17.0 Å². The summed E-state index contributed by atoms with van der Waals surface area (Å²) in [5.74, 6) is -0.0362. The van der Waals surface area contributed by atoms with Crippen molar-refractivity contribution in [2.45, 2.75) is 31.8 Å². The summed E-state index contributed by atoms with van der Waals surface area (Å²) in [6.45, 7) is 1.87. The van der Waals surface area contributed by atoms with E-state index in [-0.39, 0.29) is 29.6 Å². The Labute approximate surface area is 213 Å². The van der Waals surface area contributed by atoms with E-state index >= 15 is 0 Å². The number of nitrogens with one attached hydrogen (secondary N) is 1. The second kappa shape index (κ2) is 9.03. The molecule has 188 valence electrons. The van der Waals surface area contributed by atoms with Crippen LogP contribution < -0.4 is 15.0 Å². The van der Waals surface area contributed by atoms with Crippen LogP contribution in [-0.4, -0.2) is 34.7 Å². The van der Waals surface area contributed by atoms with Gasteiger partial charge in [0.15, 0.2) is 0 Å². The Morgan fingerprint density at radius 1 is 1.05 bits per heavy atom. The second-order valence-corrected chi connectivity index (χ2v) is 9.80. The van der Waals surface area contributed by atoms with Crippen LogP contribution in [0.2, 0.25) is 0 Å². The minimum atomic E-state index is -0.406. The van der Waals surface area contributed by atoms with Gasteiger partial charge in [-0.1, -0.05) is 19.1 Å². The van der Waals surface area contributed by atoms with Crippen LogP contribution in [0.3, 0.4) is 0 Å². The predicted octanol–water partition coefficient (Wildman–Crippen LogP) is 4.79. The molecule has 1 aromatic heterocycles. The van der Waals surface area contributed by atoms with Gasteiger partial charge in [-0.3, -0.25) is 9.59 Å². The van der Waals surface area contributed by atoms with Gasteiger partial charge in [0.2, 0.25) is 11.8 Å². The van der Waals surface area contributed by atoms with Gasteiger partial charge in [-0.25, -0.2) is 9.07 Å². The zero-order valence-electron chi connectivity index (χ0n) is 20.6. The fourth-order valence-electron chi connectivity index (χ4n) is 5.20. The number of hydrogen-bond donors (Lipinski definition) is 1. The summed E-state index contributed by atoms with van der Waals surface area (Å²) < 4.78 is 20.6. The van der Waals surface area contributed by atoms with Crippen LogP contribution in [0.25, 0.3) is 16.6 Å². The third kappa shape index (κ3) is 4.12. The maximum Gasteiger partial charge on any atom is 0.232 e. The lowest BCUT2D eigenvalue weighted by Crippen LogP contribution is -2.42. The van der Waals surface area contributed by atoms with Crippen molar-refractivity contribution in [3.63, 3.8) is 0 Å². The van der Waals surface area contributed by atoms with E-state index in [0.29, 0.717) is 5.75 Å². The molecular weight excluding hydrogens is 471 g/mol. The highest BCUT2D eigenvalue weighted by molar-refractivity contribution is 6.01. The lowest BCUT2D eigenvalue weighted by Gasteiger charge is -2.30. The molecule has 1 aliphatic carbocycles. The average molecular weight is 499 g/mol. The number of carbonyl (C=O) groups is 2. The van der Waals surface area contributed by atoms with Crippen LogP contribution >= 0.6 is 0 Å². The Morgan fingerprint density at radius 3 is 2.54 bits per heavy atom. The van der Waals surface area contributed by atoms with E-state index in [9.17, 15) is 14.0 Å². The topological polar surface area (TPSA) is 76.5 Å². The number of fused-ring (bicyclic) bond motifs is 1. The SMILES string of the molecule is COc1cccc(C2[C@@H](NC(=O)C3CC3)[C@H](C)C(=O)N2c2ccc3c(cnn3-c3ccc(F)cc3)c2)c1. The monoisotopic (exact) mass is 498 g/mol. The van der Waals surface area contributed by atoms with E-state index in [4.69, 9.17) is 4.74 Å². The van der Waals surface area contributed by atoms with E-state index in [1.807, 2.05) is 49.4 Å². The zero-order chi connectivity index (χ0) is 25.7. The van der Waals surface area contributed by atoms with Crippen LogP contribution in [0.5, 0.6) is 5.75 Å². The van der Waals surface area contributed by atoms with Crippen LogP contribution in [0.1, 0.15) is 31.4 Å². The van der Waals surface area contributed by atoms with E-state index in [2.05, 4.69) is 10.4 Å². The molecule has 8 heteroatoms. The second-order valence-electron chi connectivity index (χ2n) is 9.80. The molecule has 2 amide bonds. The fourth-order valence-corrected chi connectivity index (χ4v) is 5.20. The van der Waals surface area contributed by atoms with Crippen molar-refractivity contribution in [3.8, 4) is 11.4 Å². The molecule has 1 saturated carbocycles. The van der Waals surface area contributed by atoms with Crippen molar-refractivity contribution >= 4 is 28.4 Å². The lowest BCUT2D eigenvalue weighted by molar-refractivity contribution is -0.123. The Kier molecular flexibility index (Phi) is 5.67. The summed E-state index contributed by atoms with van der Waals surface area (Å²) in [6.07, 6.45) is 3.52. The summed E-state index contributed by atoms with van der Waals surface area (Å²) in [6, 6.07) is 18.8. The quantitative estimate of drug-likeness (QED) is 0.415. The highest BCUT2D eigenvalue weighted by Crippen LogP contribution is 2.42. The number of rotatable bonds is 6. The molecule has 1 saturated heterocycles. The number of hydrogen-bond acceptors (Lipinski definition) is 4. The molecule has 2 fully saturated rings. The first-order valence-corrected chi connectivity index (χ1v) is 12.5. The smallest absolute Gasteiger partial charge is 0.232 e. The fraction of sp³-hybridized carbons (Fsp3) is 0.276. The van der Waals surface area contributed by atoms with Gasteiger partial charge in [-0.2, -0.15) is 5.10 Å². The molecule has 6 rings (SSSR count). The number of methoxy groups -OCH3 is 1. The Hall–Kier alpha value is -4.20. The molecule has 1 unspecified atom stereocenters. The first-order chi connectivity index (χ1) is 17.9. The van der Waals surface area contributed by atoms with E-state index in [1.165, 1.54) is 12.1 Å². The molecule has 4 aromatic rings. The highest BCUT2D eigenvalue weighted by Gasteiger charge is 2.49. The van der Waals surface area contributed by atoms with Crippen molar-refractivity contribution < 1.29 is 18.7 Å². The van der Waals surface area contributed by atoms with Crippen molar-refractivity contribution in [1.82, 2.24) is 15.1 Å². The van der Waals surface area contributed by atoms with Crippen molar-refractivity contribution in [2.75, 3.05) is 12.0 Å². The number of amides is 2. The third-order valence-electron chi connectivity index (χ3n) is 7.38. The van der Waals surface area contributed by atoms with Crippen LogP contribution in [-0.2, 0) is 9.59 Å². The van der Waals surface area contributed by atoms with Gasteiger partial charge in [0.05, 0.1) is 42.5 Å². The standard InChI is InChI=1S/C29H27FN4O3/c1-17-26(32-28(35)18-6-7-18)27(19-4-3-5-24(15-19)37-2)33(29(17)36)23-12-13-25-20(14-23)16-31-34(25)22-10-8-21(30)9-11-22/h3-5,8-18,26-27H,6-7H2,1-2H3,(H,32,35)/t17-,26-,27?/m0/s1. The van der Waals surface area contributed by atoms with E-state index < -0.39 is 12.0 Å². The largest absolute Gasteiger partial charge is 0.497 e. The zero-order valence-corrected chi connectivity index (χ0v) is 20.6. The summed E-state index contributed by atoms with van der Waals surface area (Å²) in [4.78, 5) is 28.3. The molecular formula is C29H27FN4O3. The van der Waals surface area contributed by atoms with Crippen molar-refractivity contribution in [3.05, 3.63) is 84.3 Å². The molecule has 1 aliphatic heterocycles. The number of ether oxygens (including phenoxy) is 1. The van der Waals surface area contributed by atoms with Crippen molar-refractivity contribution in [2.24, 2.45) is 11.8 Å². The number of nitrogens with zero attached hydrogens (tertiary/aromatic N) is 3. The van der Waals surface area contributed by atoms with Crippen molar-refractivity contribution in [1.29, 1.82) is 0 Å². The Bertz CT molecular complexity index is 1490. The first kappa shape index (κ1) is 23.2. The number of aromatic nitrogens is 2. The van der Waals surface area contributed by atoms with Crippen LogP contribution in [0.4, 0.5) is 10.1 Å². The van der Waals surface area contributed by atoms with Crippen LogP contribution in [0.15, 0.2) is 72.9 Å². The summed E-state index contributed by atoms with van der Waals surface area (Å²) >= 11 is 0. The number of benzene rings is 3. The highest BCUT2D eigenvalue weighted by atomic mass is 19.1. The number of halogens is 1. The summed E-state index contributed by atoms with van der Waals surface area (Å²) in [7, 11) is 1.61. The molecule has 1 N–H and O–H groups in total. The predicted molar refractivity (Wildman–Crippen MR) is 138 cm³/mol. The molecule has 3 atom stereocenters. The van der Waals surface area contributed by atoms with Gasteiger partial charge in [0.1, 0.15) is 11.6 Å². The van der Waals surface area contributed by atoms with Gasteiger partial charge >= 0.3 is 0 Å². The maximum atomic E-state index is 13.7. The van der Waals surface area contributed by atoms with Gasteiger partial charge in [-0.15, -0.1) is 0 Å². The molecule has 2 aliphatic rings. The minimum Gasteiger partial charge on any atom is -0.497 e.